The SMILES string of the molecule is CC1(C)c2cc(-c3ccc(-c4c5c(cc6ccccc46)-c4cccc6cccc-5c46)c(-c4ccccc4)c3)ccc2-c2cc3ccccc3cc21. The third-order valence-electron chi connectivity index (χ3n) is 11.8. The molecule has 9 aromatic carbocycles. The summed E-state index contributed by atoms with van der Waals surface area (Å²) >= 11 is 0. The number of rotatable bonds is 3. The van der Waals surface area contributed by atoms with Crippen LogP contribution in [-0.4, -0.2) is 0 Å². The molecule has 0 nitrogen and oxygen atoms in total. The Morgan fingerprint density at radius 1 is 0.314 bits per heavy atom. The van der Waals surface area contributed by atoms with Gasteiger partial charge in [0.15, 0.2) is 0 Å². The van der Waals surface area contributed by atoms with Gasteiger partial charge in [-0.15, -0.1) is 0 Å². The van der Waals surface area contributed by atoms with Gasteiger partial charge in [0.2, 0.25) is 0 Å². The topological polar surface area (TPSA) is 0 Å². The Morgan fingerprint density at radius 3 is 1.73 bits per heavy atom. The van der Waals surface area contributed by atoms with Crippen LogP contribution in [0.3, 0.4) is 0 Å². The van der Waals surface area contributed by atoms with Crippen LogP contribution >= 0.6 is 0 Å². The lowest BCUT2D eigenvalue weighted by atomic mass is 9.80. The van der Waals surface area contributed by atoms with Crippen LogP contribution in [0.5, 0.6) is 0 Å². The lowest BCUT2D eigenvalue weighted by Crippen LogP contribution is -2.15. The second-order valence-corrected chi connectivity index (χ2v) is 14.9. The highest BCUT2D eigenvalue weighted by molar-refractivity contribution is 6.23. The Morgan fingerprint density at radius 2 is 0.922 bits per heavy atom. The van der Waals surface area contributed by atoms with E-state index in [1.807, 2.05) is 0 Å². The largest absolute Gasteiger partial charge is 0.0622 e. The van der Waals surface area contributed by atoms with E-state index in [1.165, 1.54) is 110 Å². The zero-order chi connectivity index (χ0) is 33.8. The molecule has 0 aromatic heterocycles. The van der Waals surface area contributed by atoms with Gasteiger partial charge in [0.1, 0.15) is 0 Å². The second-order valence-electron chi connectivity index (χ2n) is 14.9. The van der Waals surface area contributed by atoms with Gasteiger partial charge in [0.25, 0.3) is 0 Å². The first-order chi connectivity index (χ1) is 25.0. The first kappa shape index (κ1) is 28.6. The smallest absolute Gasteiger partial charge is 0.0159 e. The third kappa shape index (κ3) is 4.02. The zero-order valence-electron chi connectivity index (χ0n) is 28.7. The summed E-state index contributed by atoms with van der Waals surface area (Å²) in [4.78, 5) is 0. The Balaban J connectivity index is 1.15. The monoisotopic (exact) mass is 646 g/mol. The van der Waals surface area contributed by atoms with Crippen LogP contribution in [-0.2, 0) is 5.41 Å². The average Bonchev–Trinajstić information content (AvgIpc) is 3.61. The first-order valence-electron chi connectivity index (χ1n) is 18.0. The van der Waals surface area contributed by atoms with Gasteiger partial charge in [-0.3, -0.25) is 0 Å². The molecule has 0 heterocycles. The van der Waals surface area contributed by atoms with E-state index < -0.39 is 0 Å². The highest BCUT2D eigenvalue weighted by atomic mass is 14.4. The van der Waals surface area contributed by atoms with Crippen molar-refractivity contribution in [3.8, 4) is 66.8 Å². The highest BCUT2D eigenvalue weighted by Gasteiger charge is 2.36. The van der Waals surface area contributed by atoms with Gasteiger partial charge in [0, 0.05) is 5.41 Å². The maximum Gasteiger partial charge on any atom is 0.0159 e. The van der Waals surface area contributed by atoms with Crippen molar-refractivity contribution in [2.75, 3.05) is 0 Å². The number of benzene rings is 9. The highest BCUT2D eigenvalue weighted by Crippen LogP contribution is 2.55. The van der Waals surface area contributed by atoms with E-state index in [-0.39, 0.29) is 5.41 Å². The van der Waals surface area contributed by atoms with Gasteiger partial charge >= 0.3 is 0 Å². The maximum absolute atomic E-state index is 2.46. The lowest BCUT2D eigenvalue weighted by molar-refractivity contribution is 0.661. The standard InChI is InChI=1S/C51H34/c1-51(2)46-30-36(22-24-39(46)44-27-33-14-6-7-15-34(33)29-47(44)51)35-23-25-41(43(26-35)31-12-4-3-5-13-31)49-38-19-9-8-16-37(38)28-45-40-20-10-17-32-18-11-21-42(48(32)40)50(45)49/h3-30H,1-2H3. The van der Waals surface area contributed by atoms with Crippen molar-refractivity contribution in [3.63, 3.8) is 0 Å². The molecule has 0 saturated heterocycles. The van der Waals surface area contributed by atoms with Crippen LogP contribution in [0.15, 0.2) is 170 Å². The summed E-state index contributed by atoms with van der Waals surface area (Å²) in [5.41, 5.74) is 18.3. The maximum atomic E-state index is 2.46. The van der Waals surface area contributed by atoms with Crippen molar-refractivity contribution in [2.24, 2.45) is 0 Å². The molecule has 0 spiro atoms. The van der Waals surface area contributed by atoms with Crippen LogP contribution in [0.2, 0.25) is 0 Å². The van der Waals surface area contributed by atoms with E-state index in [1.54, 1.807) is 0 Å². The quantitative estimate of drug-likeness (QED) is 0.179. The summed E-state index contributed by atoms with van der Waals surface area (Å²) in [7, 11) is 0. The minimum Gasteiger partial charge on any atom is -0.0622 e. The number of hydrogen-bond donors (Lipinski definition) is 0. The molecule has 0 atom stereocenters. The van der Waals surface area contributed by atoms with E-state index in [0.717, 1.165) is 0 Å². The van der Waals surface area contributed by atoms with E-state index in [9.17, 15) is 0 Å². The predicted molar refractivity (Wildman–Crippen MR) is 217 cm³/mol. The fraction of sp³-hybridized carbons (Fsp3) is 0.0588. The summed E-state index contributed by atoms with van der Waals surface area (Å²) in [5.74, 6) is 0. The van der Waals surface area contributed by atoms with Crippen molar-refractivity contribution in [2.45, 2.75) is 19.3 Å². The number of fused-ring (bicyclic) bond motifs is 8. The summed E-state index contributed by atoms with van der Waals surface area (Å²) in [5, 5.41) is 7.82. The molecule has 51 heavy (non-hydrogen) atoms. The predicted octanol–water partition coefficient (Wildman–Crippen LogP) is 14.1. The van der Waals surface area contributed by atoms with Crippen LogP contribution < -0.4 is 0 Å². The van der Waals surface area contributed by atoms with Crippen molar-refractivity contribution >= 4 is 32.3 Å². The zero-order valence-corrected chi connectivity index (χ0v) is 28.7. The Kier molecular flexibility index (Phi) is 5.82. The normalized spacial score (nSPS) is 13.5. The molecular weight excluding hydrogens is 613 g/mol. The molecule has 0 aliphatic heterocycles. The minimum absolute atomic E-state index is 0.0908. The van der Waals surface area contributed by atoms with Gasteiger partial charge < -0.3 is 0 Å². The van der Waals surface area contributed by atoms with Gasteiger partial charge in [0.05, 0.1) is 0 Å². The molecule has 2 aliphatic carbocycles. The van der Waals surface area contributed by atoms with Crippen LogP contribution in [0, 0.1) is 0 Å². The summed E-state index contributed by atoms with van der Waals surface area (Å²) in [6, 6.07) is 63.7. The molecule has 0 unspecified atom stereocenters. The molecule has 0 heteroatoms. The van der Waals surface area contributed by atoms with Gasteiger partial charge in [-0.2, -0.15) is 0 Å². The summed E-state index contributed by atoms with van der Waals surface area (Å²) in [6.07, 6.45) is 0. The molecule has 238 valence electrons. The van der Waals surface area contributed by atoms with E-state index >= 15 is 0 Å². The number of hydrogen-bond acceptors (Lipinski definition) is 0. The van der Waals surface area contributed by atoms with Crippen molar-refractivity contribution in [1.82, 2.24) is 0 Å². The Hall–Kier alpha value is -6.24. The van der Waals surface area contributed by atoms with Crippen LogP contribution in [0.4, 0.5) is 0 Å². The van der Waals surface area contributed by atoms with Crippen molar-refractivity contribution in [3.05, 3.63) is 181 Å². The molecule has 0 bridgehead atoms. The molecule has 0 saturated carbocycles. The molecule has 9 aromatic rings. The average molecular weight is 647 g/mol. The Labute approximate surface area is 298 Å². The van der Waals surface area contributed by atoms with Gasteiger partial charge in [-0.25, -0.2) is 0 Å². The van der Waals surface area contributed by atoms with Crippen molar-refractivity contribution in [1.29, 1.82) is 0 Å². The summed E-state index contributed by atoms with van der Waals surface area (Å²) < 4.78 is 0. The molecular formula is C51H34. The van der Waals surface area contributed by atoms with Crippen molar-refractivity contribution < 1.29 is 0 Å². The third-order valence-corrected chi connectivity index (χ3v) is 11.8. The molecule has 0 radical (unpaired) electrons. The fourth-order valence-electron chi connectivity index (χ4n) is 9.29. The molecule has 0 fully saturated rings. The second kappa shape index (κ2) is 10.4. The fourth-order valence-corrected chi connectivity index (χ4v) is 9.29. The van der Waals surface area contributed by atoms with Gasteiger partial charge in [-0.1, -0.05) is 153 Å². The lowest BCUT2D eigenvalue weighted by Gasteiger charge is -2.23. The molecule has 11 rings (SSSR count). The van der Waals surface area contributed by atoms with Crippen LogP contribution in [0.25, 0.3) is 99.1 Å². The Bertz CT molecular complexity index is 2920. The van der Waals surface area contributed by atoms with E-state index in [4.69, 9.17) is 0 Å². The minimum atomic E-state index is -0.0908. The summed E-state index contributed by atoms with van der Waals surface area (Å²) in [6.45, 7) is 4.77. The molecule has 0 N–H and O–H groups in total. The molecule has 2 aliphatic rings. The molecule has 0 amide bonds. The van der Waals surface area contributed by atoms with Gasteiger partial charge in [-0.05, 0) is 141 Å². The van der Waals surface area contributed by atoms with Crippen LogP contribution in [0.1, 0.15) is 25.0 Å². The first-order valence-corrected chi connectivity index (χ1v) is 18.0. The van der Waals surface area contributed by atoms with E-state index in [0.29, 0.717) is 0 Å². The van der Waals surface area contributed by atoms with E-state index in [2.05, 4.69) is 184 Å².